The first-order valence-electron chi connectivity index (χ1n) is 9.45. The molecular weight excluding hydrogens is 376 g/mol. The molecule has 0 atom stereocenters. The van der Waals surface area contributed by atoms with Crippen LogP contribution in [0.2, 0.25) is 0 Å². The Kier molecular flexibility index (Phi) is 2.85. The largest absolute Gasteiger partial charge is 0.135 e. The fraction of sp³-hybridized carbons (Fsp3) is 0. The Morgan fingerprint density at radius 2 is 1.43 bits per heavy atom. The lowest BCUT2D eigenvalue weighted by Gasteiger charge is -2.07. The molecule has 0 N–H and O–H groups in total. The second kappa shape index (κ2) is 5.32. The Morgan fingerprint density at radius 3 is 2.36 bits per heavy atom. The van der Waals surface area contributed by atoms with E-state index in [9.17, 15) is 0 Å². The maximum absolute atomic E-state index is 2.39. The zero-order chi connectivity index (χ0) is 18.2. The first-order valence-corrected chi connectivity index (χ1v) is 11.1. The maximum atomic E-state index is 2.39. The van der Waals surface area contributed by atoms with E-state index >= 15 is 0 Å². The van der Waals surface area contributed by atoms with E-state index in [0.717, 1.165) is 0 Å². The van der Waals surface area contributed by atoms with Crippen molar-refractivity contribution >= 4 is 65.6 Å². The molecule has 0 radical (unpaired) electrons. The average Bonchev–Trinajstić information content (AvgIpc) is 3.46. The minimum Gasteiger partial charge on any atom is -0.135 e. The molecule has 0 unspecified atom stereocenters. The Labute approximate surface area is 170 Å². The van der Waals surface area contributed by atoms with Crippen LogP contribution in [0, 0.1) is 0 Å². The van der Waals surface area contributed by atoms with E-state index in [1.54, 1.807) is 0 Å². The molecule has 2 heteroatoms. The summed E-state index contributed by atoms with van der Waals surface area (Å²) in [6.07, 6.45) is 2.39. The average molecular weight is 391 g/mol. The monoisotopic (exact) mass is 390 g/mol. The van der Waals surface area contributed by atoms with Gasteiger partial charge in [0.25, 0.3) is 0 Å². The van der Waals surface area contributed by atoms with Crippen LogP contribution in [0.15, 0.2) is 78.9 Å². The molecule has 0 amide bonds. The Hall–Kier alpha value is -2.94. The molecule has 0 spiro atoms. The SMILES string of the molecule is C1=C2C(=C(c3cc4ccccc4s3)c3c2sc2ccccc32)c2ccccc21. The van der Waals surface area contributed by atoms with E-state index in [4.69, 9.17) is 0 Å². The zero-order valence-electron chi connectivity index (χ0n) is 14.9. The highest BCUT2D eigenvalue weighted by Crippen LogP contribution is 2.59. The van der Waals surface area contributed by atoms with E-state index in [1.807, 2.05) is 22.7 Å². The van der Waals surface area contributed by atoms with Crippen molar-refractivity contribution in [3.8, 4) is 0 Å². The molecule has 0 saturated heterocycles. The van der Waals surface area contributed by atoms with Gasteiger partial charge < -0.3 is 0 Å². The van der Waals surface area contributed by atoms with Gasteiger partial charge in [-0.1, -0.05) is 60.7 Å². The van der Waals surface area contributed by atoms with Gasteiger partial charge in [0, 0.05) is 46.8 Å². The molecule has 3 aromatic carbocycles. The summed E-state index contributed by atoms with van der Waals surface area (Å²) in [5.74, 6) is 0. The molecule has 0 saturated carbocycles. The quantitative estimate of drug-likeness (QED) is 0.272. The predicted octanol–water partition coefficient (Wildman–Crippen LogP) is 7.94. The Morgan fingerprint density at radius 1 is 0.643 bits per heavy atom. The lowest BCUT2D eigenvalue weighted by Crippen LogP contribution is -1.86. The summed E-state index contributed by atoms with van der Waals surface area (Å²) >= 11 is 3.85. The van der Waals surface area contributed by atoms with Crippen LogP contribution in [-0.2, 0) is 0 Å². The smallest absolute Gasteiger partial charge is 0.0441 e. The van der Waals surface area contributed by atoms with Crippen molar-refractivity contribution in [2.24, 2.45) is 0 Å². The van der Waals surface area contributed by atoms with Gasteiger partial charge in [0.05, 0.1) is 0 Å². The van der Waals surface area contributed by atoms with Gasteiger partial charge in [0.1, 0.15) is 0 Å². The van der Waals surface area contributed by atoms with E-state index < -0.39 is 0 Å². The van der Waals surface area contributed by atoms with Crippen molar-refractivity contribution in [1.29, 1.82) is 0 Å². The molecule has 2 aromatic heterocycles. The number of allylic oxidation sites excluding steroid dienone is 2. The highest BCUT2D eigenvalue weighted by Gasteiger charge is 2.36. The van der Waals surface area contributed by atoms with Crippen LogP contribution in [0.3, 0.4) is 0 Å². The second-order valence-corrected chi connectivity index (χ2v) is 9.48. The lowest BCUT2D eigenvalue weighted by atomic mass is 9.97. The first-order chi connectivity index (χ1) is 13.9. The van der Waals surface area contributed by atoms with Gasteiger partial charge in [-0.2, -0.15) is 0 Å². The van der Waals surface area contributed by atoms with E-state index in [1.165, 1.54) is 63.3 Å². The summed E-state index contributed by atoms with van der Waals surface area (Å²) in [6, 6.07) is 28.8. The van der Waals surface area contributed by atoms with Crippen molar-refractivity contribution in [3.63, 3.8) is 0 Å². The van der Waals surface area contributed by atoms with Gasteiger partial charge in [-0.15, -0.1) is 22.7 Å². The van der Waals surface area contributed by atoms with Gasteiger partial charge in [0.2, 0.25) is 0 Å². The summed E-state index contributed by atoms with van der Waals surface area (Å²) in [4.78, 5) is 2.81. The van der Waals surface area contributed by atoms with E-state index in [0.29, 0.717) is 0 Å². The predicted molar refractivity (Wildman–Crippen MR) is 124 cm³/mol. The summed E-state index contributed by atoms with van der Waals surface area (Å²) in [5.41, 5.74) is 8.40. The molecule has 0 nitrogen and oxygen atoms in total. The second-order valence-electron chi connectivity index (χ2n) is 7.35. The van der Waals surface area contributed by atoms with Gasteiger partial charge in [-0.05, 0) is 40.8 Å². The Balaban J connectivity index is 1.64. The van der Waals surface area contributed by atoms with Crippen molar-refractivity contribution < 1.29 is 0 Å². The molecule has 0 bridgehead atoms. The van der Waals surface area contributed by atoms with Crippen molar-refractivity contribution in [1.82, 2.24) is 0 Å². The number of hydrogen-bond donors (Lipinski definition) is 0. The number of benzene rings is 3. The molecule has 130 valence electrons. The zero-order valence-corrected chi connectivity index (χ0v) is 16.5. The van der Waals surface area contributed by atoms with Crippen LogP contribution in [-0.4, -0.2) is 0 Å². The van der Waals surface area contributed by atoms with E-state index in [2.05, 4.69) is 84.9 Å². The molecule has 2 aliphatic carbocycles. The third kappa shape index (κ3) is 1.84. The molecule has 2 heterocycles. The normalized spacial score (nSPS) is 14.5. The summed E-state index contributed by atoms with van der Waals surface area (Å²) < 4.78 is 2.73. The topological polar surface area (TPSA) is 0 Å². The van der Waals surface area contributed by atoms with E-state index in [-0.39, 0.29) is 0 Å². The van der Waals surface area contributed by atoms with Crippen LogP contribution in [0.5, 0.6) is 0 Å². The third-order valence-corrected chi connectivity index (χ3v) is 8.15. The third-order valence-electron chi connectivity index (χ3n) is 5.81. The molecule has 2 aliphatic rings. The van der Waals surface area contributed by atoms with Crippen molar-refractivity contribution in [2.75, 3.05) is 0 Å². The van der Waals surface area contributed by atoms with Crippen LogP contribution in [0.4, 0.5) is 0 Å². The van der Waals surface area contributed by atoms with Crippen LogP contribution < -0.4 is 0 Å². The minimum absolute atomic E-state index is 1.33. The van der Waals surface area contributed by atoms with Gasteiger partial charge in [-0.3, -0.25) is 0 Å². The summed E-state index contributed by atoms with van der Waals surface area (Å²) in [7, 11) is 0. The molecule has 7 rings (SSSR count). The molecule has 0 fully saturated rings. The summed E-state index contributed by atoms with van der Waals surface area (Å²) in [6.45, 7) is 0. The highest BCUT2D eigenvalue weighted by molar-refractivity contribution is 7.22. The number of fused-ring (bicyclic) bond motifs is 8. The van der Waals surface area contributed by atoms with Gasteiger partial charge in [-0.25, -0.2) is 0 Å². The number of rotatable bonds is 1. The summed E-state index contributed by atoms with van der Waals surface area (Å²) in [5, 5.41) is 2.72. The fourth-order valence-corrected chi connectivity index (χ4v) is 6.98. The highest BCUT2D eigenvalue weighted by atomic mass is 32.1. The standard InChI is InChI=1S/C26H14S2/c1-3-9-17-15(7-1)13-19-23(17)25(22-14-16-8-2-5-11-20(16)27-22)24-18-10-4-6-12-21(18)28-26(19)24/h1-14H. The number of thiophene rings is 2. The number of hydrogen-bond acceptors (Lipinski definition) is 2. The molecule has 5 aromatic rings. The minimum atomic E-state index is 1.33. The van der Waals surface area contributed by atoms with Gasteiger partial charge >= 0.3 is 0 Å². The van der Waals surface area contributed by atoms with Crippen LogP contribution >= 0.6 is 22.7 Å². The maximum Gasteiger partial charge on any atom is 0.0441 e. The molecule has 0 aliphatic heterocycles. The van der Waals surface area contributed by atoms with Crippen LogP contribution in [0.25, 0.3) is 43.0 Å². The Bertz CT molecular complexity index is 1470. The van der Waals surface area contributed by atoms with Gasteiger partial charge in [0.15, 0.2) is 0 Å². The van der Waals surface area contributed by atoms with Crippen molar-refractivity contribution in [3.05, 3.63) is 105 Å². The molecular formula is C26H14S2. The fourth-order valence-electron chi connectivity index (χ4n) is 4.63. The van der Waals surface area contributed by atoms with Crippen LogP contribution in [0.1, 0.15) is 26.4 Å². The first kappa shape index (κ1) is 15.0. The van der Waals surface area contributed by atoms with Crippen molar-refractivity contribution in [2.45, 2.75) is 0 Å². The molecule has 28 heavy (non-hydrogen) atoms. The lowest BCUT2D eigenvalue weighted by molar-refractivity contribution is 1.62.